The first-order valence-corrected chi connectivity index (χ1v) is 10.3. The third-order valence-corrected chi connectivity index (χ3v) is 5.36. The average Bonchev–Trinajstić information content (AvgIpc) is 3.49. The molecule has 3 rings (SSSR count). The molecule has 7 nitrogen and oxygen atoms in total. The Morgan fingerprint density at radius 2 is 1.97 bits per heavy atom. The zero-order valence-corrected chi connectivity index (χ0v) is 20.4. The van der Waals surface area contributed by atoms with Crippen LogP contribution < -0.4 is 10.6 Å². The van der Waals surface area contributed by atoms with E-state index in [4.69, 9.17) is 0 Å². The largest absolute Gasteiger partial charge is 0.416 e. The second-order valence-electron chi connectivity index (χ2n) is 8.23. The number of nitrogens with one attached hydrogen (secondary N) is 2. The van der Waals surface area contributed by atoms with Crippen LogP contribution in [0.3, 0.4) is 0 Å². The van der Waals surface area contributed by atoms with Gasteiger partial charge in [0.05, 0.1) is 18.7 Å². The van der Waals surface area contributed by atoms with Crippen molar-refractivity contribution in [1.82, 2.24) is 20.4 Å². The van der Waals surface area contributed by atoms with Gasteiger partial charge in [-0.15, -0.1) is 24.0 Å². The highest BCUT2D eigenvalue weighted by Gasteiger charge is 2.39. The van der Waals surface area contributed by atoms with Crippen molar-refractivity contribution in [3.05, 3.63) is 35.4 Å². The third-order valence-electron chi connectivity index (χ3n) is 5.36. The fourth-order valence-electron chi connectivity index (χ4n) is 3.43. The molecule has 0 aromatic heterocycles. The SMILES string of the molecule is CN(C)C(=O)CNC(=NCc1cccc(C(F)(F)F)c1)NCC1CC(=O)N(C2CC2)C1.I. The normalized spacial score (nSPS) is 18.9. The highest BCUT2D eigenvalue weighted by atomic mass is 127. The number of hydrogen-bond acceptors (Lipinski definition) is 3. The van der Waals surface area contributed by atoms with Crippen molar-refractivity contribution in [2.45, 2.75) is 38.0 Å². The summed E-state index contributed by atoms with van der Waals surface area (Å²) in [6.07, 6.45) is -1.84. The lowest BCUT2D eigenvalue weighted by atomic mass is 10.1. The molecule has 1 atom stereocenters. The summed E-state index contributed by atoms with van der Waals surface area (Å²) in [7, 11) is 3.26. The maximum Gasteiger partial charge on any atom is 0.416 e. The monoisotopic (exact) mass is 567 g/mol. The minimum atomic E-state index is -4.42. The van der Waals surface area contributed by atoms with Gasteiger partial charge in [-0.2, -0.15) is 13.2 Å². The number of rotatable bonds is 7. The van der Waals surface area contributed by atoms with Gasteiger partial charge in [0, 0.05) is 45.6 Å². The number of likely N-dealkylation sites (N-methyl/N-ethyl adjacent to an activating group) is 1. The van der Waals surface area contributed by atoms with Gasteiger partial charge in [-0.1, -0.05) is 12.1 Å². The number of guanidine groups is 1. The Bertz CT molecular complexity index is 843. The molecule has 0 bridgehead atoms. The molecule has 2 amide bonds. The van der Waals surface area contributed by atoms with E-state index in [1.807, 2.05) is 4.90 Å². The zero-order chi connectivity index (χ0) is 22.6. The molecular formula is C21H29F3IN5O2. The van der Waals surface area contributed by atoms with Crippen LogP contribution in [0.5, 0.6) is 0 Å². The first kappa shape index (κ1) is 26.2. The van der Waals surface area contributed by atoms with Crippen molar-refractivity contribution in [2.75, 3.05) is 33.7 Å². The highest BCUT2D eigenvalue weighted by Crippen LogP contribution is 2.32. The number of hydrogen-bond donors (Lipinski definition) is 2. The van der Waals surface area contributed by atoms with Crippen molar-refractivity contribution in [2.24, 2.45) is 10.9 Å². The fourth-order valence-corrected chi connectivity index (χ4v) is 3.43. The second kappa shape index (κ2) is 11.2. The topological polar surface area (TPSA) is 77.0 Å². The Balaban J connectivity index is 0.00000363. The van der Waals surface area contributed by atoms with Crippen molar-refractivity contribution >= 4 is 41.8 Å². The van der Waals surface area contributed by atoms with E-state index in [9.17, 15) is 22.8 Å². The predicted octanol–water partition coefficient (Wildman–Crippen LogP) is 2.46. The van der Waals surface area contributed by atoms with Crippen LogP contribution in [0.15, 0.2) is 29.3 Å². The van der Waals surface area contributed by atoms with Crippen LogP contribution in [-0.2, 0) is 22.3 Å². The Morgan fingerprint density at radius 1 is 1.25 bits per heavy atom. The summed E-state index contributed by atoms with van der Waals surface area (Å²) in [5.74, 6) is 0.445. The predicted molar refractivity (Wildman–Crippen MR) is 126 cm³/mol. The summed E-state index contributed by atoms with van der Waals surface area (Å²) in [5.41, 5.74) is -0.319. The van der Waals surface area contributed by atoms with Crippen LogP contribution in [0.25, 0.3) is 0 Å². The number of nitrogens with zero attached hydrogens (tertiary/aromatic N) is 3. The quantitative estimate of drug-likeness (QED) is 0.302. The van der Waals surface area contributed by atoms with Crippen molar-refractivity contribution in [1.29, 1.82) is 0 Å². The maximum absolute atomic E-state index is 12.9. The fraction of sp³-hybridized carbons (Fsp3) is 0.571. The van der Waals surface area contributed by atoms with Crippen LogP contribution in [0, 0.1) is 5.92 Å². The lowest BCUT2D eigenvalue weighted by Crippen LogP contribution is -2.44. The van der Waals surface area contributed by atoms with Crippen molar-refractivity contribution in [3.63, 3.8) is 0 Å². The van der Waals surface area contributed by atoms with Gasteiger partial charge in [-0.3, -0.25) is 9.59 Å². The molecule has 2 N–H and O–H groups in total. The molecule has 1 heterocycles. The molecule has 1 unspecified atom stereocenters. The van der Waals surface area contributed by atoms with E-state index in [2.05, 4.69) is 15.6 Å². The van der Waals surface area contributed by atoms with Gasteiger partial charge in [0.15, 0.2) is 5.96 Å². The Kier molecular flexibility index (Phi) is 9.17. The lowest BCUT2D eigenvalue weighted by molar-refractivity contribution is -0.137. The first-order valence-electron chi connectivity index (χ1n) is 10.3. The molecular weight excluding hydrogens is 538 g/mol. The number of carbonyl (C=O) groups excluding carboxylic acids is 2. The molecule has 32 heavy (non-hydrogen) atoms. The van der Waals surface area contributed by atoms with E-state index in [1.165, 1.54) is 11.0 Å². The van der Waals surface area contributed by atoms with Gasteiger partial charge in [0.25, 0.3) is 0 Å². The summed E-state index contributed by atoms with van der Waals surface area (Å²) in [6, 6.07) is 5.38. The van der Waals surface area contributed by atoms with E-state index in [0.717, 1.165) is 25.0 Å². The van der Waals surface area contributed by atoms with Gasteiger partial charge < -0.3 is 20.4 Å². The van der Waals surface area contributed by atoms with Crippen LogP contribution in [0.4, 0.5) is 13.2 Å². The van der Waals surface area contributed by atoms with Crippen molar-refractivity contribution in [3.8, 4) is 0 Å². The first-order chi connectivity index (χ1) is 14.6. The number of aliphatic imine (C=N–C) groups is 1. The van der Waals surface area contributed by atoms with Crippen LogP contribution in [0.2, 0.25) is 0 Å². The molecule has 178 valence electrons. The molecule has 1 aliphatic heterocycles. The van der Waals surface area contributed by atoms with Crippen molar-refractivity contribution < 1.29 is 22.8 Å². The van der Waals surface area contributed by atoms with Gasteiger partial charge in [-0.05, 0) is 30.5 Å². The zero-order valence-electron chi connectivity index (χ0n) is 18.1. The molecule has 0 spiro atoms. The molecule has 1 aliphatic carbocycles. The Labute approximate surface area is 202 Å². The minimum absolute atomic E-state index is 0. The summed E-state index contributed by atoms with van der Waals surface area (Å²) >= 11 is 0. The van der Waals surface area contributed by atoms with E-state index in [1.54, 1.807) is 20.2 Å². The number of likely N-dealkylation sites (tertiary alicyclic amines) is 1. The second-order valence-corrected chi connectivity index (χ2v) is 8.23. The average molecular weight is 567 g/mol. The number of alkyl halides is 3. The lowest BCUT2D eigenvalue weighted by Gasteiger charge is -2.18. The maximum atomic E-state index is 12.9. The summed E-state index contributed by atoms with van der Waals surface area (Å²) < 4.78 is 38.8. The molecule has 1 aromatic carbocycles. The summed E-state index contributed by atoms with van der Waals surface area (Å²) in [6.45, 7) is 1.19. The van der Waals surface area contributed by atoms with E-state index >= 15 is 0 Å². The van der Waals surface area contributed by atoms with Gasteiger partial charge >= 0.3 is 6.18 Å². The summed E-state index contributed by atoms with van der Waals surface area (Å²) in [5, 5.41) is 6.06. The Morgan fingerprint density at radius 3 is 2.59 bits per heavy atom. The highest BCUT2D eigenvalue weighted by molar-refractivity contribution is 14.0. The molecule has 1 saturated heterocycles. The summed E-state index contributed by atoms with van der Waals surface area (Å²) in [4.78, 5) is 31.8. The van der Waals surface area contributed by atoms with Gasteiger partial charge in [0.2, 0.25) is 11.8 Å². The van der Waals surface area contributed by atoms with Crippen LogP contribution in [-0.4, -0.2) is 67.3 Å². The Hall–Kier alpha value is -2.05. The number of benzene rings is 1. The van der Waals surface area contributed by atoms with E-state index in [0.29, 0.717) is 37.1 Å². The number of amides is 2. The number of halogens is 4. The minimum Gasteiger partial charge on any atom is -0.356 e. The molecule has 2 fully saturated rings. The molecule has 1 saturated carbocycles. The van der Waals surface area contributed by atoms with Gasteiger partial charge in [-0.25, -0.2) is 4.99 Å². The van der Waals surface area contributed by atoms with E-state index < -0.39 is 11.7 Å². The van der Waals surface area contributed by atoms with Gasteiger partial charge in [0.1, 0.15) is 0 Å². The third kappa shape index (κ3) is 7.52. The van der Waals surface area contributed by atoms with Crippen LogP contribution >= 0.6 is 24.0 Å². The standard InChI is InChI=1S/C21H28F3N5O2.HI/c1-28(2)19(31)12-27-20(25-10-14-4-3-5-16(8-14)21(22,23)24)26-11-15-9-18(30)29(13-15)17-6-7-17;/h3-5,8,15,17H,6-7,9-13H2,1-2H3,(H2,25,26,27);1H. The number of carbonyl (C=O) groups is 2. The molecule has 1 aromatic rings. The molecule has 0 radical (unpaired) electrons. The molecule has 2 aliphatic rings. The van der Waals surface area contributed by atoms with Crippen LogP contribution in [0.1, 0.15) is 30.4 Å². The van der Waals surface area contributed by atoms with E-state index in [-0.39, 0.29) is 54.8 Å². The smallest absolute Gasteiger partial charge is 0.356 e. The molecule has 11 heteroatoms.